The summed E-state index contributed by atoms with van der Waals surface area (Å²) in [4.78, 5) is 39.5. The Kier molecular flexibility index (Phi) is 6.34. The molecule has 0 aliphatic carbocycles. The molecule has 0 aromatic heterocycles. The molecule has 0 radical (unpaired) electrons. The summed E-state index contributed by atoms with van der Waals surface area (Å²) in [6.07, 6.45) is 1.79. The van der Waals surface area contributed by atoms with Crippen LogP contribution in [0.5, 0.6) is 0 Å². The van der Waals surface area contributed by atoms with E-state index in [1.165, 1.54) is 0 Å². The molecule has 0 saturated carbocycles. The third kappa shape index (κ3) is 5.20. The summed E-state index contributed by atoms with van der Waals surface area (Å²) < 4.78 is 0. The normalized spacial score (nSPS) is 21.4. The Labute approximate surface area is 163 Å². The zero-order valence-electron chi connectivity index (χ0n) is 15.2. The SMILES string of the molecule is NC(=O)CN1CCC(NC(=O)[C@@H]2CC(=O)N(Cc3ccccc3Cl)C2)CC1. The molecule has 27 heavy (non-hydrogen) atoms. The lowest BCUT2D eigenvalue weighted by Crippen LogP contribution is -2.48. The maximum atomic E-state index is 12.6. The molecule has 1 aromatic rings. The van der Waals surface area contributed by atoms with Crippen LogP contribution >= 0.6 is 11.6 Å². The number of likely N-dealkylation sites (tertiary alicyclic amines) is 2. The molecule has 0 spiro atoms. The predicted octanol–water partition coefficient (Wildman–Crippen LogP) is 0.754. The number of primary amides is 1. The lowest BCUT2D eigenvalue weighted by atomic mass is 10.0. The van der Waals surface area contributed by atoms with Gasteiger partial charge in [0.2, 0.25) is 17.7 Å². The first-order valence-electron chi connectivity index (χ1n) is 9.24. The van der Waals surface area contributed by atoms with Crippen LogP contribution in [-0.2, 0) is 20.9 Å². The summed E-state index contributed by atoms with van der Waals surface area (Å²) in [6.45, 7) is 2.56. The summed E-state index contributed by atoms with van der Waals surface area (Å²) in [5, 5.41) is 3.69. The van der Waals surface area contributed by atoms with Crippen LogP contribution < -0.4 is 11.1 Å². The van der Waals surface area contributed by atoms with Crippen molar-refractivity contribution in [1.29, 1.82) is 0 Å². The minimum Gasteiger partial charge on any atom is -0.369 e. The fraction of sp³-hybridized carbons (Fsp3) is 0.526. The zero-order valence-corrected chi connectivity index (χ0v) is 16.0. The number of nitrogens with two attached hydrogens (primary N) is 1. The van der Waals surface area contributed by atoms with E-state index >= 15 is 0 Å². The van der Waals surface area contributed by atoms with Crippen molar-refractivity contribution in [3.05, 3.63) is 34.9 Å². The average Bonchev–Trinajstić information content (AvgIpc) is 2.99. The highest BCUT2D eigenvalue weighted by Gasteiger charge is 2.35. The second kappa shape index (κ2) is 8.71. The smallest absolute Gasteiger partial charge is 0.231 e. The molecule has 3 N–H and O–H groups in total. The molecular formula is C19H25ClN4O3. The van der Waals surface area contributed by atoms with Gasteiger partial charge in [0.05, 0.1) is 12.5 Å². The Morgan fingerprint density at radius 3 is 2.59 bits per heavy atom. The Balaban J connectivity index is 1.48. The molecule has 1 atom stereocenters. The quantitative estimate of drug-likeness (QED) is 0.746. The van der Waals surface area contributed by atoms with Crippen LogP contribution in [0.15, 0.2) is 24.3 Å². The van der Waals surface area contributed by atoms with Crippen molar-refractivity contribution in [2.24, 2.45) is 11.7 Å². The number of hydrogen-bond donors (Lipinski definition) is 2. The zero-order chi connectivity index (χ0) is 19.4. The van der Waals surface area contributed by atoms with Crippen molar-refractivity contribution in [2.75, 3.05) is 26.2 Å². The highest BCUT2D eigenvalue weighted by molar-refractivity contribution is 6.31. The first kappa shape index (κ1) is 19.6. The minimum atomic E-state index is -0.333. The van der Waals surface area contributed by atoms with Crippen LogP contribution in [-0.4, -0.2) is 59.7 Å². The van der Waals surface area contributed by atoms with E-state index in [4.69, 9.17) is 17.3 Å². The first-order valence-corrected chi connectivity index (χ1v) is 9.62. The van der Waals surface area contributed by atoms with Gasteiger partial charge < -0.3 is 16.0 Å². The van der Waals surface area contributed by atoms with E-state index in [0.29, 0.717) is 18.1 Å². The van der Waals surface area contributed by atoms with Crippen molar-refractivity contribution >= 4 is 29.3 Å². The Hall–Kier alpha value is -2.12. The van der Waals surface area contributed by atoms with Gasteiger partial charge in [-0.3, -0.25) is 19.3 Å². The van der Waals surface area contributed by atoms with Crippen LogP contribution in [0.1, 0.15) is 24.8 Å². The second-order valence-electron chi connectivity index (χ2n) is 7.29. The van der Waals surface area contributed by atoms with Crippen molar-refractivity contribution < 1.29 is 14.4 Å². The molecule has 7 nitrogen and oxygen atoms in total. The lowest BCUT2D eigenvalue weighted by Gasteiger charge is -2.32. The van der Waals surface area contributed by atoms with Gasteiger partial charge in [-0.1, -0.05) is 29.8 Å². The number of benzene rings is 1. The van der Waals surface area contributed by atoms with Gasteiger partial charge in [0.1, 0.15) is 0 Å². The number of hydrogen-bond acceptors (Lipinski definition) is 4. The Morgan fingerprint density at radius 2 is 1.93 bits per heavy atom. The molecule has 1 aromatic carbocycles. The molecule has 3 amide bonds. The molecule has 146 valence electrons. The number of carbonyl (C=O) groups excluding carboxylic acids is 3. The summed E-state index contributed by atoms with van der Waals surface area (Å²) in [6, 6.07) is 7.50. The van der Waals surface area contributed by atoms with E-state index in [9.17, 15) is 14.4 Å². The van der Waals surface area contributed by atoms with Gasteiger partial charge >= 0.3 is 0 Å². The summed E-state index contributed by atoms with van der Waals surface area (Å²) in [5.41, 5.74) is 6.10. The molecule has 2 heterocycles. The molecule has 2 fully saturated rings. The summed E-state index contributed by atoms with van der Waals surface area (Å²) in [7, 11) is 0. The largest absolute Gasteiger partial charge is 0.369 e. The molecule has 2 aliphatic heterocycles. The monoisotopic (exact) mass is 392 g/mol. The fourth-order valence-corrected chi connectivity index (χ4v) is 3.90. The molecule has 8 heteroatoms. The van der Waals surface area contributed by atoms with E-state index in [1.54, 1.807) is 11.0 Å². The predicted molar refractivity (Wildman–Crippen MR) is 102 cm³/mol. The number of nitrogens with zero attached hydrogens (tertiary/aromatic N) is 2. The standard InChI is InChI=1S/C19H25ClN4O3/c20-16-4-2-1-3-13(16)10-24-11-14(9-18(24)26)19(27)22-15-5-7-23(8-6-15)12-17(21)25/h1-4,14-15H,5-12H2,(H2,21,25)(H,22,27)/t14-/m1/s1. The van der Waals surface area contributed by atoms with E-state index in [2.05, 4.69) is 5.32 Å². The molecule has 0 unspecified atom stereocenters. The second-order valence-corrected chi connectivity index (χ2v) is 7.70. The van der Waals surface area contributed by atoms with Crippen LogP contribution in [0.3, 0.4) is 0 Å². The third-order valence-electron chi connectivity index (χ3n) is 5.22. The Bertz CT molecular complexity index is 719. The van der Waals surface area contributed by atoms with Crippen LogP contribution in [0.25, 0.3) is 0 Å². The number of piperidine rings is 1. The van der Waals surface area contributed by atoms with E-state index in [1.807, 2.05) is 23.1 Å². The van der Waals surface area contributed by atoms with Crippen LogP contribution in [0.4, 0.5) is 0 Å². The minimum absolute atomic E-state index is 0.0219. The molecule has 2 saturated heterocycles. The number of halogens is 1. The van der Waals surface area contributed by atoms with Crippen molar-refractivity contribution in [1.82, 2.24) is 15.1 Å². The van der Waals surface area contributed by atoms with Gasteiger partial charge in [0, 0.05) is 43.7 Å². The summed E-state index contributed by atoms with van der Waals surface area (Å²) in [5.74, 6) is -0.756. The van der Waals surface area contributed by atoms with E-state index < -0.39 is 0 Å². The van der Waals surface area contributed by atoms with Gasteiger partial charge in [-0.2, -0.15) is 0 Å². The van der Waals surface area contributed by atoms with Crippen LogP contribution in [0.2, 0.25) is 5.02 Å². The summed E-state index contributed by atoms with van der Waals surface area (Å²) >= 11 is 6.17. The van der Waals surface area contributed by atoms with Gasteiger partial charge in [0.25, 0.3) is 0 Å². The van der Waals surface area contributed by atoms with Gasteiger partial charge in [-0.25, -0.2) is 0 Å². The maximum Gasteiger partial charge on any atom is 0.231 e. The van der Waals surface area contributed by atoms with Gasteiger partial charge in [-0.05, 0) is 24.5 Å². The molecule has 0 bridgehead atoms. The molecular weight excluding hydrogens is 368 g/mol. The first-order chi connectivity index (χ1) is 12.9. The van der Waals surface area contributed by atoms with Crippen molar-refractivity contribution in [3.8, 4) is 0 Å². The number of carbonyl (C=O) groups is 3. The van der Waals surface area contributed by atoms with Gasteiger partial charge in [0.15, 0.2) is 0 Å². The average molecular weight is 393 g/mol. The van der Waals surface area contributed by atoms with E-state index in [-0.39, 0.29) is 42.6 Å². The van der Waals surface area contributed by atoms with Gasteiger partial charge in [-0.15, -0.1) is 0 Å². The number of nitrogens with one attached hydrogen (secondary N) is 1. The Morgan fingerprint density at radius 1 is 1.22 bits per heavy atom. The fourth-order valence-electron chi connectivity index (χ4n) is 3.71. The van der Waals surface area contributed by atoms with Crippen molar-refractivity contribution in [2.45, 2.75) is 31.8 Å². The van der Waals surface area contributed by atoms with Crippen molar-refractivity contribution in [3.63, 3.8) is 0 Å². The third-order valence-corrected chi connectivity index (χ3v) is 5.59. The van der Waals surface area contributed by atoms with E-state index in [0.717, 1.165) is 31.5 Å². The highest BCUT2D eigenvalue weighted by atomic mass is 35.5. The number of rotatable bonds is 6. The van der Waals surface area contributed by atoms with Crippen LogP contribution in [0, 0.1) is 5.92 Å². The maximum absolute atomic E-state index is 12.6. The lowest BCUT2D eigenvalue weighted by molar-refractivity contribution is -0.129. The number of amides is 3. The molecule has 2 aliphatic rings. The topological polar surface area (TPSA) is 95.7 Å². The molecule has 3 rings (SSSR count). The highest BCUT2D eigenvalue weighted by Crippen LogP contribution is 2.24.